The average molecular weight is 423 g/mol. The fraction of sp³-hybridized carbons (Fsp3) is 0.474. The molecule has 152 valence electrons. The average Bonchev–Trinajstić information content (AvgIpc) is 3.22. The fourth-order valence-electron chi connectivity index (χ4n) is 3.33. The van der Waals surface area contributed by atoms with Gasteiger partial charge in [0.1, 0.15) is 0 Å². The number of anilines is 1. The number of carbonyl (C=O) groups is 1. The van der Waals surface area contributed by atoms with Crippen LogP contribution in [0.4, 0.5) is 5.13 Å². The van der Waals surface area contributed by atoms with E-state index < -0.39 is 10.0 Å². The maximum Gasteiger partial charge on any atom is 0.241 e. The normalized spacial score (nSPS) is 17.5. The molecule has 3 rings (SSSR count). The van der Waals surface area contributed by atoms with Crippen LogP contribution in [-0.4, -0.2) is 45.5 Å². The van der Waals surface area contributed by atoms with Gasteiger partial charge in [-0.3, -0.25) is 4.79 Å². The lowest BCUT2D eigenvalue weighted by Crippen LogP contribution is -2.43. The third-order valence-corrected chi connectivity index (χ3v) is 7.23. The number of amides is 1. The Morgan fingerprint density at radius 3 is 2.93 bits per heavy atom. The zero-order chi connectivity index (χ0) is 20.1. The number of rotatable bonds is 7. The van der Waals surface area contributed by atoms with E-state index >= 15 is 0 Å². The minimum atomic E-state index is -3.72. The number of benzene rings is 1. The molecule has 0 saturated carbocycles. The first-order chi connectivity index (χ1) is 13.3. The zero-order valence-electron chi connectivity index (χ0n) is 16.1. The molecule has 9 heteroatoms. The van der Waals surface area contributed by atoms with Crippen LogP contribution in [0.25, 0.3) is 0 Å². The van der Waals surface area contributed by atoms with Crippen molar-refractivity contribution >= 4 is 32.4 Å². The van der Waals surface area contributed by atoms with Crippen molar-refractivity contribution in [1.29, 1.82) is 0 Å². The van der Waals surface area contributed by atoms with Gasteiger partial charge in [0.2, 0.25) is 15.9 Å². The molecule has 1 aromatic heterocycles. The largest absolute Gasteiger partial charge is 0.355 e. The summed E-state index contributed by atoms with van der Waals surface area (Å²) < 4.78 is 27.4. The van der Waals surface area contributed by atoms with Gasteiger partial charge in [0.15, 0.2) is 5.13 Å². The molecule has 1 atom stereocenters. The van der Waals surface area contributed by atoms with Crippen LogP contribution >= 0.6 is 11.3 Å². The van der Waals surface area contributed by atoms with Gasteiger partial charge in [-0.05, 0) is 49.8 Å². The van der Waals surface area contributed by atoms with E-state index in [1.165, 1.54) is 0 Å². The number of sulfonamides is 1. The van der Waals surface area contributed by atoms with Crippen molar-refractivity contribution in [2.24, 2.45) is 5.92 Å². The van der Waals surface area contributed by atoms with E-state index in [2.05, 4.69) is 19.9 Å². The van der Waals surface area contributed by atoms with E-state index in [0.717, 1.165) is 36.6 Å². The van der Waals surface area contributed by atoms with Gasteiger partial charge in [-0.25, -0.2) is 18.1 Å². The smallest absolute Gasteiger partial charge is 0.241 e. The fourth-order valence-corrected chi connectivity index (χ4v) is 5.32. The molecule has 0 radical (unpaired) electrons. The lowest BCUT2D eigenvalue weighted by atomic mass is 9.98. The molecule has 2 aromatic rings. The Kier molecular flexibility index (Phi) is 6.69. The molecule has 2 N–H and O–H groups in total. The highest BCUT2D eigenvalue weighted by Crippen LogP contribution is 2.24. The van der Waals surface area contributed by atoms with Crippen molar-refractivity contribution < 1.29 is 13.2 Å². The number of carbonyl (C=O) groups excluding carboxylic acids is 1. The van der Waals surface area contributed by atoms with Crippen molar-refractivity contribution in [2.75, 3.05) is 31.1 Å². The number of thiazole rings is 1. The van der Waals surface area contributed by atoms with Gasteiger partial charge in [0.05, 0.1) is 11.4 Å². The molecule has 1 aliphatic rings. The molecule has 1 saturated heterocycles. The summed E-state index contributed by atoms with van der Waals surface area (Å²) in [5.41, 5.74) is 1.51. The van der Waals surface area contributed by atoms with Crippen molar-refractivity contribution in [3.8, 4) is 0 Å². The van der Waals surface area contributed by atoms with E-state index in [1.807, 2.05) is 18.4 Å². The highest BCUT2D eigenvalue weighted by molar-refractivity contribution is 7.89. The number of hydrogen-bond acceptors (Lipinski definition) is 6. The first-order valence-electron chi connectivity index (χ1n) is 9.33. The Labute approximate surface area is 170 Å². The Hall–Kier alpha value is -1.97. The molecule has 1 unspecified atom stereocenters. The summed E-state index contributed by atoms with van der Waals surface area (Å²) in [6.45, 7) is 5.68. The topological polar surface area (TPSA) is 91.4 Å². The van der Waals surface area contributed by atoms with E-state index in [9.17, 15) is 13.2 Å². The van der Waals surface area contributed by atoms with Crippen LogP contribution in [0.3, 0.4) is 0 Å². The van der Waals surface area contributed by atoms with Gasteiger partial charge in [0, 0.05) is 31.2 Å². The summed E-state index contributed by atoms with van der Waals surface area (Å²) in [5.74, 6) is 0.0116. The van der Waals surface area contributed by atoms with Gasteiger partial charge in [-0.2, -0.15) is 0 Å². The molecular formula is C19H26N4O3S2. The van der Waals surface area contributed by atoms with Gasteiger partial charge in [0.25, 0.3) is 0 Å². The quantitative estimate of drug-likeness (QED) is 0.713. The van der Waals surface area contributed by atoms with E-state index in [0.29, 0.717) is 18.0 Å². The van der Waals surface area contributed by atoms with E-state index in [-0.39, 0.29) is 17.3 Å². The molecule has 0 spiro atoms. The van der Waals surface area contributed by atoms with Gasteiger partial charge in [-0.15, -0.1) is 11.3 Å². The number of aromatic nitrogens is 1. The number of nitrogens with zero attached hydrogens (tertiary/aromatic N) is 2. The SMILES string of the molecule is Cc1ccc(C)c(S(=O)(=O)NCC(=O)NCC2CCCN(c3nccs3)C2)c1. The molecule has 28 heavy (non-hydrogen) atoms. The second kappa shape index (κ2) is 9.02. The number of nitrogens with one attached hydrogen (secondary N) is 2. The van der Waals surface area contributed by atoms with Crippen LogP contribution in [-0.2, 0) is 14.8 Å². The number of piperidine rings is 1. The summed E-state index contributed by atoms with van der Waals surface area (Å²) in [6.07, 6.45) is 3.89. The highest BCUT2D eigenvalue weighted by Gasteiger charge is 2.23. The van der Waals surface area contributed by atoms with Gasteiger partial charge >= 0.3 is 0 Å². The van der Waals surface area contributed by atoms with Crippen LogP contribution in [0.2, 0.25) is 0 Å². The predicted octanol–water partition coefficient (Wildman–Crippen LogP) is 2.07. The third kappa shape index (κ3) is 5.30. The minimum absolute atomic E-state index is 0.215. The molecule has 1 aliphatic heterocycles. The molecule has 1 amide bonds. The summed E-state index contributed by atoms with van der Waals surface area (Å²) in [5, 5.41) is 5.83. The van der Waals surface area contributed by atoms with Gasteiger partial charge < -0.3 is 10.2 Å². The third-order valence-electron chi connectivity index (χ3n) is 4.85. The van der Waals surface area contributed by atoms with Crippen molar-refractivity contribution in [3.63, 3.8) is 0 Å². The van der Waals surface area contributed by atoms with Crippen molar-refractivity contribution in [1.82, 2.24) is 15.0 Å². The lowest BCUT2D eigenvalue weighted by molar-refractivity contribution is -0.120. The molecular weight excluding hydrogens is 396 g/mol. The molecule has 1 fully saturated rings. The summed E-state index contributed by atoms with van der Waals surface area (Å²) >= 11 is 1.62. The summed E-state index contributed by atoms with van der Waals surface area (Å²) in [4.78, 5) is 19.0. The maximum absolute atomic E-state index is 12.5. The number of aryl methyl sites for hydroxylation is 2. The predicted molar refractivity (Wildman–Crippen MR) is 111 cm³/mol. The molecule has 0 bridgehead atoms. The Morgan fingerprint density at radius 1 is 1.36 bits per heavy atom. The first kappa shape index (κ1) is 20.8. The van der Waals surface area contributed by atoms with E-state index in [1.54, 1.807) is 36.6 Å². The number of hydrogen-bond donors (Lipinski definition) is 2. The van der Waals surface area contributed by atoms with Crippen LogP contribution in [0.5, 0.6) is 0 Å². The standard InChI is InChI=1S/C19H26N4O3S2/c1-14-5-6-15(2)17(10-14)28(25,26)22-12-18(24)21-11-16-4-3-8-23(13-16)19-20-7-9-27-19/h5-7,9-10,16,22H,3-4,8,11-13H2,1-2H3,(H,21,24). The highest BCUT2D eigenvalue weighted by atomic mass is 32.2. The maximum atomic E-state index is 12.5. The van der Waals surface area contributed by atoms with Crippen LogP contribution in [0, 0.1) is 19.8 Å². The second-order valence-electron chi connectivity index (χ2n) is 7.17. The van der Waals surface area contributed by atoms with Crippen molar-refractivity contribution in [2.45, 2.75) is 31.6 Å². The molecule has 7 nitrogen and oxygen atoms in total. The minimum Gasteiger partial charge on any atom is -0.355 e. The van der Waals surface area contributed by atoms with Crippen LogP contribution in [0.15, 0.2) is 34.7 Å². The Balaban J connectivity index is 1.48. The molecule has 0 aliphatic carbocycles. The second-order valence-corrected chi connectivity index (χ2v) is 9.77. The summed E-state index contributed by atoms with van der Waals surface area (Å²) in [6, 6.07) is 5.24. The monoisotopic (exact) mass is 422 g/mol. The molecule has 1 aromatic carbocycles. The van der Waals surface area contributed by atoms with Crippen LogP contribution < -0.4 is 14.9 Å². The van der Waals surface area contributed by atoms with E-state index in [4.69, 9.17) is 0 Å². The Bertz CT molecular complexity index is 913. The van der Waals surface area contributed by atoms with Gasteiger partial charge in [-0.1, -0.05) is 12.1 Å². The van der Waals surface area contributed by atoms with Crippen LogP contribution in [0.1, 0.15) is 24.0 Å². The zero-order valence-corrected chi connectivity index (χ0v) is 17.8. The lowest BCUT2D eigenvalue weighted by Gasteiger charge is -2.32. The Morgan fingerprint density at radius 2 is 2.18 bits per heavy atom. The molecule has 2 heterocycles. The summed E-state index contributed by atoms with van der Waals surface area (Å²) in [7, 11) is -3.72. The van der Waals surface area contributed by atoms with Crippen molar-refractivity contribution in [3.05, 3.63) is 40.9 Å². The first-order valence-corrected chi connectivity index (χ1v) is 11.7.